The van der Waals surface area contributed by atoms with Gasteiger partial charge in [0, 0.05) is 24.5 Å². The van der Waals surface area contributed by atoms with Crippen molar-refractivity contribution in [2.24, 2.45) is 0 Å². The highest BCUT2D eigenvalue weighted by Crippen LogP contribution is 2.27. The number of anilines is 2. The fraction of sp³-hybridized carbons (Fsp3) is 0.143. The molecule has 0 heterocycles. The third kappa shape index (κ3) is 2.50. The first-order chi connectivity index (χ1) is 8.20. The maximum Gasteiger partial charge on any atom is 0.120 e. The van der Waals surface area contributed by atoms with Gasteiger partial charge in [0.1, 0.15) is 11.5 Å². The molecule has 0 atom stereocenters. The van der Waals surface area contributed by atoms with Crippen molar-refractivity contribution in [2.75, 3.05) is 19.1 Å². The highest BCUT2D eigenvalue weighted by Gasteiger charge is 2.04. The molecule has 0 aromatic heterocycles. The number of nitrogens with zero attached hydrogens (tertiary/aromatic N) is 1. The molecule has 17 heavy (non-hydrogen) atoms. The molecule has 1 N–H and O–H groups in total. The Morgan fingerprint density at radius 2 is 1.71 bits per heavy atom. The van der Waals surface area contributed by atoms with Gasteiger partial charge in [-0.3, -0.25) is 0 Å². The molecular formula is C14H15NO2. The highest BCUT2D eigenvalue weighted by atomic mass is 16.5. The lowest BCUT2D eigenvalue weighted by atomic mass is 10.2. The summed E-state index contributed by atoms with van der Waals surface area (Å²) in [7, 11) is 3.63. The van der Waals surface area contributed by atoms with E-state index in [-0.39, 0.29) is 5.75 Å². The van der Waals surface area contributed by atoms with Crippen molar-refractivity contribution < 1.29 is 9.84 Å². The third-order valence-corrected chi connectivity index (χ3v) is 2.68. The van der Waals surface area contributed by atoms with Gasteiger partial charge in [-0.1, -0.05) is 6.07 Å². The maximum absolute atomic E-state index is 9.25. The molecule has 0 saturated heterocycles. The van der Waals surface area contributed by atoms with Crippen LogP contribution in [0.15, 0.2) is 48.5 Å². The predicted octanol–water partition coefficient (Wildman–Crippen LogP) is 3.17. The standard InChI is InChI=1S/C14H15NO2/c1-15(11-6-8-13(16)9-7-11)12-4-3-5-14(10-12)17-2/h3-10,16H,1-2H3. The van der Waals surface area contributed by atoms with Crippen LogP contribution in [0.1, 0.15) is 0 Å². The summed E-state index contributed by atoms with van der Waals surface area (Å²) < 4.78 is 5.19. The number of phenols is 1. The van der Waals surface area contributed by atoms with Crippen molar-refractivity contribution in [1.29, 1.82) is 0 Å². The third-order valence-electron chi connectivity index (χ3n) is 2.68. The molecule has 88 valence electrons. The van der Waals surface area contributed by atoms with Gasteiger partial charge in [-0.15, -0.1) is 0 Å². The Bertz CT molecular complexity index is 494. The number of hydrogen-bond donors (Lipinski definition) is 1. The fourth-order valence-corrected chi connectivity index (χ4v) is 1.64. The second kappa shape index (κ2) is 4.78. The van der Waals surface area contributed by atoms with Crippen LogP contribution in [-0.2, 0) is 0 Å². The minimum Gasteiger partial charge on any atom is -0.508 e. The van der Waals surface area contributed by atoms with Crippen LogP contribution in [0.5, 0.6) is 11.5 Å². The summed E-state index contributed by atoms with van der Waals surface area (Å²) in [6.45, 7) is 0. The first-order valence-electron chi connectivity index (χ1n) is 5.37. The molecule has 2 aromatic carbocycles. The Kier molecular flexibility index (Phi) is 3.19. The first kappa shape index (κ1) is 11.3. The topological polar surface area (TPSA) is 32.7 Å². The molecule has 0 radical (unpaired) electrons. The summed E-state index contributed by atoms with van der Waals surface area (Å²) in [6.07, 6.45) is 0. The van der Waals surface area contributed by atoms with Gasteiger partial charge in [-0.05, 0) is 36.4 Å². The zero-order valence-corrected chi connectivity index (χ0v) is 9.92. The molecule has 3 nitrogen and oxygen atoms in total. The molecule has 0 aliphatic rings. The summed E-state index contributed by atoms with van der Waals surface area (Å²) in [6, 6.07) is 14.9. The first-order valence-corrected chi connectivity index (χ1v) is 5.37. The van der Waals surface area contributed by atoms with Crippen LogP contribution in [0.3, 0.4) is 0 Å². The van der Waals surface area contributed by atoms with Crippen molar-refractivity contribution in [3.05, 3.63) is 48.5 Å². The SMILES string of the molecule is COc1cccc(N(C)c2ccc(O)cc2)c1. The Labute approximate surface area is 101 Å². The molecule has 2 aromatic rings. The van der Waals surface area contributed by atoms with Crippen molar-refractivity contribution in [2.45, 2.75) is 0 Å². The Morgan fingerprint density at radius 1 is 1.00 bits per heavy atom. The molecule has 0 aliphatic carbocycles. The Balaban J connectivity index is 2.29. The van der Waals surface area contributed by atoms with Crippen LogP contribution >= 0.6 is 0 Å². The van der Waals surface area contributed by atoms with E-state index >= 15 is 0 Å². The molecule has 0 aliphatic heterocycles. The lowest BCUT2D eigenvalue weighted by molar-refractivity contribution is 0.415. The summed E-state index contributed by atoms with van der Waals surface area (Å²) >= 11 is 0. The number of rotatable bonds is 3. The van der Waals surface area contributed by atoms with E-state index in [1.807, 2.05) is 48.3 Å². The zero-order valence-electron chi connectivity index (χ0n) is 9.92. The molecule has 0 bridgehead atoms. The van der Waals surface area contributed by atoms with Gasteiger partial charge in [-0.2, -0.15) is 0 Å². The quantitative estimate of drug-likeness (QED) is 0.877. The van der Waals surface area contributed by atoms with Crippen molar-refractivity contribution in [1.82, 2.24) is 0 Å². The van der Waals surface area contributed by atoms with Gasteiger partial charge in [0.15, 0.2) is 0 Å². The Morgan fingerprint density at radius 3 is 2.35 bits per heavy atom. The van der Waals surface area contributed by atoms with Crippen molar-refractivity contribution in [3.8, 4) is 11.5 Å². The van der Waals surface area contributed by atoms with Crippen LogP contribution in [0.25, 0.3) is 0 Å². The van der Waals surface area contributed by atoms with E-state index < -0.39 is 0 Å². The molecule has 0 unspecified atom stereocenters. The lowest BCUT2D eigenvalue weighted by Crippen LogP contribution is -2.08. The van der Waals surface area contributed by atoms with E-state index in [4.69, 9.17) is 4.74 Å². The predicted molar refractivity (Wildman–Crippen MR) is 69.2 cm³/mol. The normalized spacial score (nSPS) is 10.0. The van der Waals surface area contributed by atoms with Crippen LogP contribution in [0.4, 0.5) is 11.4 Å². The van der Waals surface area contributed by atoms with Crippen LogP contribution in [0.2, 0.25) is 0 Å². The molecule has 0 fully saturated rings. The van der Waals surface area contributed by atoms with Gasteiger partial charge in [0.25, 0.3) is 0 Å². The largest absolute Gasteiger partial charge is 0.508 e. The number of aromatic hydroxyl groups is 1. The Hall–Kier alpha value is -2.16. The van der Waals surface area contributed by atoms with E-state index in [0.717, 1.165) is 17.1 Å². The smallest absolute Gasteiger partial charge is 0.120 e. The fourth-order valence-electron chi connectivity index (χ4n) is 1.64. The van der Waals surface area contributed by atoms with Gasteiger partial charge in [0.05, 0.1) is 7.11 Å². The summed E-state index contributed by atoms with van der Waals surface area (Å²) in [4.78, 5) is 2.03. The number of benzene rings is 2. The zero-order chi connectivity index (χ0) is 12.3. The molecule has 3 heteroatoms. The molecule has 0 amide bonds. The number of phenolic OH excluding ortho intramolecular Hbond substituents is 1. The van der Waals surface area contributed by atoms with Crippen LogP contribution in [0, 0.1) is 0 Å². The minimum absolute atomic E-state index is 0.271. The number of hydrogen-bond acceptors (Lipinski definition) is 3. The van der Waals surface area contributed by atoms with Crippen molar-refractivity contribution >= 4 is 11.4 Å². The van der Waals surface area contributed by atoms with Gasteiger partial charge < -0.3 is 14.7 Å². The average Bonchev–Trinajstić information content (AvgIpc) is 2.39. The van der Waals surface area contributed by atoms with Crippen molar-refractivity contribution in [3.63, 3.8) is 0 Å². The monoisotopic (exact) mass is 229 g/mol. The van der Waals surface area contributed by atoms with Crippen LogP contribution < -0.4 is 9.64 Å². The molecule has 0 spiro atoms. The highest BCUT2D eigenvalue weighted by molar-refractivity contribution is 5.64. The van der Waals surface area contributed by atoms with E-state index in [2.05, 4.69) is 0 Å². The van der Waals surface area contributed by atoms with Gasteiger partial charge in [-0.25, -0.2) is 0 Å². The van der Waals surface area contributed by atoms with Crippen LogP contribution in [-0.4, -0.2) is 19.3 Å². The van der Waals surface area contributed by atoms with E-state index in [0.29, 0.717) is 0 Å². The summed E-state index contributed by atoms with van der Waals surface area (Å²) in [5.41, 5.74) is 2.05. The maximum atomic E-state index is 9.25. The number of ether oxygens (including phenoxy) is 1. The second-order valence-corrected chi connectivity index (χ2v) is 3.78. The van der Waals surface area contributed by atoms with E-state index in [9.17, 15) is 5.11 Å². The van der Waals surface area contributed by atoms with Gasteiger partial charge >= 0.3 is 0 Å². The minimum atomic E-state index is 0.271. The molecule has 0 saturated carbocycles. The summed E-state index contributed by atoms with van der Waals surface area (Å²) in [5, 5.41) is 9.25. The second-order valence-electron chi connectivity index (χ2n) is 3.78. The number of methoxy groups -OCH3 is 1. The lowest BCUT2D eigenvalue weighted by Gasteiger charge is -2.20. The van der Waals surface area contributed by atoms with E-state index in [1.165, 1.54) is 0 Å². The molecular weight excluding hydrogens is 214 g/mol. The van der Waals surface area contributed by atoms with E-state index in [1.54, 1.807) is 19.2 Å². The summed E-state index contributed by atoms with van der Waals surface area (Å²) in [5.74, 6) is 1.10. The molecule has 2 rings (SSSR count). The van der Waals surface area contributed by atoms with Gasteiger partial charge in [0.2, 0.25) is 0 Å². The average molecular weight is 229 g/mol.